The second-order valence-electron chi connectivity index (χ2n) is 4.42. The van der Waals surface area contributed by atoms with Crippen molar-refractivity contribution in [2.24, 2.45) is 0 Å². The van der Waals surface area contributed by atoms with Gasteiger partial charge in [-0.2, -0.15) is 0 Å². The largest absolute Gasteiger partial charge is 0.459 e. The lowest BCUT2D eigenvalue weighted by molar-refractivity contribution is 0.0976. The fourth-order valence-corrected chi connectivity index (χ4v) is 2.04. The summed E-state index contributed by atoms with van der Waals surface area (Å²) in [7, 11) is -1.55. The van der Waals surface area contributed by atoms with Gasteiger partial charge in [-0.25, -0.2) is 0 Å². The van der Waals surface area contributed by atoms with Crippen molar-refractivity contribution >= 4 is 12.9 Å². The first-order valence-electron chi connectivity index (χ1n) is 6.18. The minimum atomic E-state index is -1.55. The molecule has 1 atom stereocenters. The smallest absolute Gasteiger partial charge is 0.427 e. The van der Waals surface area contributed by atoms with Crippen LogP contribution < -0.4 is 0 Å². The second-order valence-corrected chi connectivity index (χ2v) is 4.42. The molecule has 0 saturated heterocycles. The molecule has 0 aliphatic heterocycles. The van der Waals surface area contributed by atoms with Crippen LogP contribution in [0.1, 0.15) is 28.2 Å². The van der Waals surface area contributed by atoms with Crippen LogP contribution in [-0.4, -0.2) is 22.9 Å². The maximum absolute atomic E-state index is 12.1. The van der Waals surface area contributed by atoms with E-state index in [1.54, 1.807) is 36.4 Å². The number of carbonyl (C=O) groups is 1. The minimum absolute atomic E-state index is 0.0751. The zero-order chi connectivity index (χ0) is 13.7. The molecule has 2 aromatic rings. The molecular formula is C15H15BO3. The van der Waals surface area contributed by atoms with Crippen LogP contribution in [0.15, 0.2) is 60.7 Å². The molecule has 0 heterocycles. The third-order valence-electron chi connectivity index (χ3n) is 3.09. The predicted octanol–water partition coefficient (Wildman–Crippen LogP) is 2.06. The minimum Gasteiger partial charge on any atom is -0.427 e. The highest BCUT2D eigenvalue weighted by Gasteiger charge is 2.27. The van der Waals surface area contributed by atoms with Crippen LogP contribution in [-0.2, 0) is 0 Å². The summed E-state index contributed by atoms with van der Waals surface area (Å²) in [6, 6.07) is 18.0. The van der Waals surface area contributed by atoms with Gasteiger partial charge in [-0.1, -0.05) is 60.7 Å². The van der Waals surface area contributed by atoms with Crippen molar-refractivity contribution in [2.75, 3.05) is 0 Å². The van der Waals surface area contributed by atoms with Crippen molar-refractivity contribution in [1.82, 2.24) is 0 Å². The van der Waals surface area contributed by atoms with Crippen LogP contribution in [0.25, 0.3) is 0 Å². The molecule has 0 spiro atoms. The van der Waals surface area contributed by atoms with E-state index in [4.69, 9.17) is 0 Å². The maximum atomic E-state index is 12.1. The van der Waals surface area contributed by atoms with Gasteiger partial charge in [-0.3, -0.25) is 4.79 Å². The first-order chi connectivity index (χ1) is 9.18. The second kappa shape index (κ2) is 6.32. The van der Waals surface area contributed by atoms with Crippen LogP contribution >= 0.6 is 0 Å². The van der Waals surface area contributed by atoms with Gasteiger partial charge >= 0.3 is 7.12 Å². The van der Waals surface area contributed by atoms with E-state index in [9.17, 15) is 14.8 Å². The standard InChI is InChI=1S/C15H15BO3/c17-15(13-9-5-2-6-10-13)11-14(16(18)19)12-7-3-1-4-8-12/h1-10,14,18-19H,11H2. The average molecular weight is 254 g/mol. The molecule has 0 radical (unpaired) electrons. The van der Waals surface area contributed by atoms with Crippen molar-refractivity contribution in [3.05, 3.63) is 71.8 Å². The van der Waals surface area contributed by atoms with E-state index in [0.717, 1.165) is 5.56 Å². The van der Waals surface area contributed by atoms with E-state index < -0.39 is 12.9 Å². The molecule has 0 aliphatic carbocycles. The lowest BCUT2D eigenvalue weighted by atomic mass is 9.66. The van der Waals surface area contributed by atoms with Gasteiger partial charge in [0, 0.05) is 17.8 Å². The monoisotopic (exact) mass is 254 g/mol. The number of hydrogen-bond acceptors (Lipinski definition) is 3. The number of ketones is 1. The van der Waals surface area contributed by atoms with E-state index in [0.29, 0.717) is 5.56 Å². The summed E-state index contributed by atoms with van der Waals surface area (Å²) in [5, 5.41) is 18.9. The Morgan fingerprint density at radius 3 is 2.00 bits per heavy atom. The van der Waals surface area contributed by atoms with Crippen molar-refractivity contribution < 1.29 is 14.8 Å². The molecule has 3 nitrogen and oxygen atoms in total. The Morgan fingerprint density at radius 1 is 0.947 bits per heavy atom. The normalized spacial score (nSPS) is 11.9. The summed E-state index contributed by atoms with van der Waals surface area (Å²) in [6.07, 6.45) is 0.0751. The van der Waals surface area contributed by atoms with Gasteiger partial charge in [-0.15, -0.1) is 0 Å². The third-order valence-corrected chi connectivity index (χ3v) is 3.09. The van der Waals surface area contributed by atoms with E-state index in [1.807, 2.05) is 24.3 Å². The summed E-state index contributed by atoms with van der Waals surface area (Å²) in [5.74, 6) is -0.698. The van der Waals surface area contributed by atoms with E-state index in [1.165, 1.54) is 0 Å². The van der Waals surface area contributed by atoms with Gasteiger partial charge in [0.2, 0.25) is 0 Å². The summed E-state index contributed by atoms with van der Waals surface area (Å²) in [5.41, 5.74) is 1.34. The molecule has 0 bridgehead atoms. The highest BCUT2D eigenvalue weighted by atomic mass is 16.4. The van der Waals surface area contributed by atoms with Crippen LogP contribution in [0.2, 0.25) is 0 Å². The van der Waals surface area contributed by atoms with Crippen LogP contribution in [0.4, 0.5) is 0 Å². The Bertz CT molecular complexity index is 526. The van der Waals surface area contributed by atoms with Gasteiger partial charge in [0.1, 0.15) is 0 Å². The lowest BCUT2D eigenvalue weighted by Gasteiger charge is -2.15. The zero-order valence-electron chi connectivity index (χ0n) is 10.4. The van der Waals surface area contributed by atoms with Crippen LogP contribution in [0.5, 0.6) is 0 Å². The fraction of sp³-hybridized carbons (Fsp3) is 0.133. The van der Waals surface area contributed by atoms with Crippen molar-refractivity contribution in [3.8, 4) is 0 Å². The third kappa shape index (κ3) is 3.53. The Balaban J connectivity index is 2.17. The van der Waals surface area contributed by atoms with E-state index >= 15 is 0 Å². The molecule has 0 saturated carbocycles. The number of rotatable bonds is 5. The Labute approximate surface area is 112 Å². The first kappa shape index (κ1) is 13.5. The topological polar surface area (TPSA) is 57.5 Å². The first-order valence-corrected chi connectivity index (χ1v) is 6.18. The van der Waals surface area contributed by atoms with E-state index in [-0.39, 0.29) is 12.2 Å². The molecule has 2 rings (SSSR count). The summed E-state index contributed by atoms with van der Waals surface area (Å²) < 4.78 is 0. The predicted molar refractivity (Wildman–Crippen MR) is 74.8 cm³/mol. The molecule has 0 aliphatic rings. The molecule has 1 unspecified atom stereocenters. The average Bonchev–Trinajstić information content (AvgIpc) is 2.46. The van der Waals surface area contributed by atoms with Gasteiger partial charge < -0.3 is 10.0 Å². The highest BCUT2D eigenvalue weighted by molar-refractivity contribution is 6.44. The molecule has 0 amide bonds. The SMILES string of the molecule is O=C(CC(B(O)O)c1ccccc1)c1ccccc1. The summed E-state index contributed by atoms with van der Waals surface area (Å²) in [6.45, 7) is 0. The van der Waals surface area contributed by atoms with Gasteiger partial charge in [0.25, 0.3) is 0 Å². The number of benzene rings is 2. The van der Waals surface area contributed by atoms with Crippen molar-refractivity contribution in [3.63, 3.8) is 0 Å². The summed E-state index contributed by atoms with van der Waals surface area (Å²) in [4.78, 5) is 12.1. The van der Waals surface area contributed by atoms with Gasteiger partial charge in [0.05, 0.1) is 0 Å². The Kier molecular flexibility index (Phi) is 4.50. The van der Waals surface area contributed by atoms with Crippen molar-refractivity contribution in [2.45, 2.75) is 12.2 Å². The zero-order valence-corrected chi connectivity index (χ0v) is 10.4. The highest BCUT2D eigenvalue weighted by Crippen LogP contribution is 2.22. The molecular weight excluding hydrogens is 239 g/mol. The molecule has 4 heteroatoms. The molecule has 2 N–H and O–H groups in total. The maximum Gasteiger partial charge on any atom is 0.459 e. The van der Waals surface area contributed by atoms with Gasteiger partial charge in [0.15, 0.2) is 5.78 Å². The molecule has 19 heavy (non-hydrogen) atoms. The molecule has 96 valence electrons. The van der Waals surface area contributed by atoms with Gasteiger partial charge in [-0.05, 0) is 5.56 Å². The number of carbonyl (C=O) groups excluding carboxylic acids is 1. The van der Waals surface area contributed by atoms with Crippen LogP contribution in [0.3, 0.4) is 0 Å². The number of Topliss-reactive ketones (excluding diaryl/α,β-unsaturated/α-hetero) is 1. The van der Waals surface area contributed by atoms with E-state index in [2.05, 4.69) is 0 Å². The van der Waals surface area contributed by atoms with Crippen LogP contribution in [0, 0.1) is 0 Å². The fourth-order valence-electron chi connectivity index (χ4n) is 2.04. The lowest BCUT2D eigenvalue weighted by Crippen LogP contribution is -2.26. The Morgan fingerprint density at radius 2 is 1.47 bits per heavy atom. The van der Waals surface area contributed by atoms with Crippen molar-refractivity contribution in [1.29, 1.82) is 0 Å². The Hall–Kier alpha value is -1.91. The molecule has 2 aromatic carbocycles. The quantitative estimate of drug-likeness (QED) is 0.634. The molecule has 0 aromatic heterocycles. The summed E-state index contributed by atoms with van der Waals surface area (Å²) >= 11 is 0. The molecule has 0 fully saturated rings. The number of hydrogen-bond donors (Lipinski definition) is 2.